The van der Waals surface area contributed by atoms with E-state index in [1.165, 1.54) is 11.8 Å². The molecule has 6 nitrogen and oxygen atoms in total. The molecule has 0 radical (unpaired) electrons. The number of amides is 1. The maximum absolute atomic E-state index is 13.2. The maximum Gasteiger partial charge on any atom is 0.266 e. The van der Waals surface area contributed by atoms with E-state index in [-0.39, 0.29) is 5.91 Å². The number of rotatable bonds is 8. The van der Waals surface area contributed by atoms with Crippen LogP contribution in [0.5, 0.6) is 5.75 Å². The van der Waals surface area contributed by atoms with Gasteiger partial charge in [0.05, 0.1) is 35.7 Å². The smallest absolute Gasteiger partial charge is 0.266 e. The van der Waals surface area contributed by atoms with Gasteiger partial charge in [0.1, 0.15) is 15.8 Å². The summed E-state index contributed by atoms with van der Waals surface area (Å²) in [5.74, 6) is 1.81. The summed E-state index contributed by atoms with van der Waals surface area (Å²) in [7, 11) is 0. The second-order valence-corrected chi connectivity index (χ2v) is 10.5. The lowest BCUT2D eigenvalue weighted by Gasteiger charge is -2.11. The summed E-state index contributed by atoms with van der Waals surface area (Å²) in [6.07, 6.45) is 5.39. The Bertz CT molecular complexity index is 1390. The Hall–Kier alpha value is -3.62. The Labute approximate surface area is 219 Å². The normalized spacial score (nSPS) is 14.9. The van der Waals surface area contributed by atoms with Crippen molar-refractivity contribution in [2.45, 2.75) is 20.4 Å². The summed E-state index contributed by atoms with van der Waals surface area (Å²) >= 11 is 6.79. The lowest BCUT2D eigenvalue weighted by Crippen LogP contribution is -2.27. The van der Waals surface area contributed by atoms with Crippen molar-refractivity contribution in [1.29, 1.82) is 0 Å². The topological polar surface area (TPSA) is 60.5 Å². The van der Waals surface area contributed by atoms with Crippen LogP contribution in [0.2, 0.25) is 0 Å². The number of ether oxygens (including phenoxy) is 1. The first-order valence-corrected chi connectivity index (χ1v) is 12.9. The van der Waals surface area contributed by atoms with Gasteiger partial charge in [0.15, 0.2) is 0 Å². The largest absolute Gasteiger partial charge is 0.493 e. The summed E-state index contributed by atoms with van der Waals surface area (Å²) in [5, 5.41) is 4.87. The van der Waals surface area contributed by atoms with Crippen molar-refractivity contribution >= 4 is 40.3 Å². The van der Waals surface area contributed by atoms with Crippen molar-refractivity contribution < 1.29 is 13.9 Å². The molecule has 3 heterocycles. The quantitative estimate of drug-likeness (QED) is 0.195. The Morgan fingerprint density at radius 2 is 1.86 bits per heavy atom. The zero-order chi connectivity index (χ0) is 25.1. The van der Waals surface area contributed by atoms with Gasteiger partial charge in [-0.25, -0.2) is 4.68 Å². The molecule has 182 valence electrons. The van der Waals surface area contributed by atoms with E-state index in [0.717, 1.165) is 28.3 Å². The molecule has 8 heteroatoms. The van der Waals surface area contributed by atoms with E-state index >= 15 is 0 Å². The molecule has 5 rings (SSSR count). The van der Waals surface area contributed by atoms with E-state index in [4.69, 9.17) is 26.5 Å². The van der Waals surface area contributed by atoms with Gasteiger partial charge in [0.2, 0.25) is 0 Å². The van der Waals surface area contributed by atoms with Crippen molar-refractivity contribution in [2.75, 3.05) is 6.61 Å². The second kappa shape index (κ2) is 10.6. The molecule has 2 aromatic carbocycles. The number of nitrogens with zero attached hydrogens (tertiary/aromatic N) is 3. The van der Waals surface area contributed by atoms with Gasteiger partial charge in [0.25, 0.3) is 5.91 Å². The van der Waals surface area contributed by atoms with Crippen LogP contribution in [0.1, 0.15) is 25.2 Å². The first kappa shape index (κ1) is 24.1. The number of para-hydroxylation sites is 1. The molecule has 0 unspecified atom stereocenters. The second-order valence-electron chi connectivity index (χ2n) is 8.79. The molecule has 2 aromatic heterocycles. The van der Waals surface area contributed by atoms with Crippen LogP contribution in [0.4, 0.5) is 0 Å². The third kappa shape index (κ3) is 5.29. The van der Waals surface area contributed by atoms with Crippen LogP contribution in [0.15, 0.2) is 88.5 Å². The minimum absolute atomic E-state index is 0.141. The van der Waals surface area contributed by atoms with E-state index in [1.807, 2.05) is 77.6 Å². The van der Waals surface area contributed by atoms with Crippen LogP contribution < -0.4 is 4.74 Å². The van der Waals surface area contributed by atoms with Gasteiger partial charge < -0.3 is 9.15 Å². The lowest BCUT2D eigenvalue weighted by molar-refractivity contribution is -0.122. The van der Waals surface area contributed by atoms with E-state index in [9.17, 15) is 4.79 Å². The Morgan fingerprint density at radius 3 is 2.56 bits per heavy atom. The van der Waals surface area contributed by atoms with Crippen molar-refractivity contribution in [3.8, 4) is 22.7 Å². The molecule has 1 aliphatic heterocycles. The average molecular weight is 516 g/mol. The fourth-order valence-electron chi connectivity index (χ4n) is 3.74. The number of hydrogen-bond donors (Lipinski definition) is 0. The molecule has 0 bridgehead atoms. The van der Waals surface area contributed by atoms with Crippen LogP contribution >= 0.6 is 24.0 Å². The molecule has 1 amide bonds. The highest BCUT2D eigenvalue weighted by Gasteiger charge is 2.33. The molecule has 0 saturated carbocycles. The van der Waals surface area contributed by atoms with E-state index in [1.54, 1.807) is 17.2 Å². The van der Waals surface area contributed by atoms with Gasteiger partial charge in [-0.1, -0.05) is 56.0 Å². The number of thiocarbonyl (C=S) groups is 1. The number of carbonyl (C=O) groups is 1. The van der Waals surface area contributed by atoms with Gasteiger partial charge in [-0.05, 0) is 60.5 Å². The van der Waals surface area contributed by atoms with Crippen molar-refractivity contribution in [3.05, 3.63) is 95.4 Å². The molecule has 0 atom stereocenters. The van der Waals surface area contributed by atoms with E-state index in [0.29, 0.717) is 34.1 Å². The zero-order valence-electron chi connectivity index (χ0n) is 20.0. The summed E-state index contributed by atoms with van der Waals surface area (Å²) in [5.41, 5.74) is 3.46. The highest BCUT2D eigenvalue weighted by molar-refractivity contribution is 8.26. The number of carbonyl (C=O) groups excluding carboxylic acids is 1. The van der Waals surface area contributed by atoms with Crippen LogP contribution in [-0.4, -0.2) is 31.5 Å². The molecule has 0 N–H and O–H groups in total. The Morgan fingerprint density at radius 1 is 1.08 bits per heavy atom. The molecule has 1 aliphatic rings. The fourth-order valence-corrected chi connectivity index (χ4v) is 4.98. The predicted molar refractivity (Wildman–Crippen MR) is 147 cm³/mol. The lowest BCUT2D eigenvalue weighted by atomic mass is 10.1. The number of aromatic nitrogens is 2. The number of benzene rings is 2. The molecular weight excluding hydrogens is 490 g/mol. The van der Waals surface area contributed by atoms with Gasteiger partial charge in [-0.15, -0.1) is 0 Å². The van der Waals surface area contributed by atoms with E-state index in [2.05, 4.69) is 13.8 Å². The first-order chi connectivity index (χ1) is 17.5. The molecule has 1 saturated heterocycles. The number of hydrogen-bond acceptors (Lipinski definition) is 6. The highest BCUT2D eigenvalue weighted by Crippen LogP contribution is 2.36. The van der Waals surface area contributed by atoms with Gasteiger partial charge in [-0.2, -0.15) is 5.10 Å². The summed E-state index contributed by atoms with van der Waals surface area (Å²) < 4.78 is 13.6. The Kier molecular flexibility index (Phi) is 7.06. The first-order valence-electron chi connectivity index (χ1n) is 11.6. The van der Waals surface area contributed by atoms with Crippen LogP contribution in [0.3, 0.4) is 0 Å². The minimum atomic E-state index is -0.141. The van der Waals surface area contributed by atoms with E-state index < -0.39 is 0 Å². The monoisotopic (exact) mass is 515 g/mol. The maximum atomic E-state index is 13.2. The SMILES string of the molecule is CC(C)COc1ccc(-c2nn(-c3ccccc3)cc2/C=C2\SC(=S)N(Cc3ccco3)C2=O)cc1. The van der Waals surface area contributed by atoms with Crippen molar-refractivity contribution in [2.24, 2.45) is 5.92 Å². The zero-order valence-corrected chi connectivity index (χ0v) is 21.6. The summed E-state index contributed by atoms with van der Waals surface area (Å²) in [6, 6.07) is 21.4. The molecule has 0 spiro atoms. The minimum Gasteiger partial charge on any atom is -0.493 e. The molecular formula is C28H25N3O3S2. The van der Waals surface area contributed by atoms with Crippen LogP contribution in [-0.2, 0) is 11.3 Å². The Balaban J connectivity index is 1.48. The fraction of sp³-hybridized carbons (Fsp3) is 0.179. The van der Waals surface area contributed by atoms with Crippen molar-refractivity contribution in [3.63, 3.8) is 0 Å². The molecule has 36 heavy (non-hydrogen) atoms. The standard InChI is InChI=1S/C28H25N3O3S2/c1-19(2)18-34-23-12-10-20(11-13-23)26-21(16-31(29-26)22-7-4-3-5-8-22)15-25-27(32)30(28(35)36-25)17-24-9-6-14-33-24/h3-16,19H,17-18H2,1-2H3/b25-15-. The third-order valence-corrected chi connectivity index (χ3v) is 6.91. The highest BCUT2D eigenvalue weighted by atomic mass is 32.2. The van der Waals surface area contributed by atoms with Crippen LogP contribution in [0, 0.1) is 5.92 Å². The summed E-state index contributed by atoms with van der Waals surface area (Å²) in [6.45, 7) is 5.21. The average Bonchev–Trinajstić information content (AvgIpc) is 3.61. The summed E-state index contributed by atoms with van der Waals surface area (Å²) in [4.78, 5) is 15.3. The third-order valence-electron chi connectivity index (χ3n) is 5.53. The van der Waals surface area contributed by atoms with Gasteiger partial charge in [0, 0.05) is 17.3 Å². The van der Waals surface area contributed by atoms with Crippen LogP contribution in [0.25, 0.3) is 23.0 Å². The molecule has 4 aromatic rings. The number of thioether (sulfide) groups is 1. The van der Waals surface area contributed by atoms with Gasteiger partial charge in [-0.3, -0.25) is 9.69 Å². The number of furan rings is 1. The molecule has 1 fully saturated rings. The molecule has 0 aliphatic carbocycles. The van der Waals surface area contributed by atoms with Crippen molar-refractivity contribution in [1.82, 2.24) is 14.7 Å². The van der Waals surface area contributed by atoms with Gasteiger partial charge >= 0.3 is 0 Å². The predicted octanol–water partition coefficient (Wildman–Crippen LogP) is 6.57.